The van der Waals surface area contributed by atoms with Gasteiger partial charge in [0, 0.05) is 11.6 Å². The molecule has 2 aromatic carbocycles. The van der Waals surface area contributed by atoms with E-state index in [1.54, 1.807) is 18.2 Å². The molecular formula is C24H30N6O2. The van der Waals surface area contributed by atoms with Crippen LogP contribution in [0.15, 0.2) is 58.5 Å². The molecule has 3 unspecified atom stereocenters. The van der Waals surface area contributed by atoms with Crippen LogP contribution in [-0.2, 0) is 4.74 Å². The van der Waals surface area contributed by atoms with Gasteiger partial charge < -0.3 is 21.3 Å². The number of rotatable bonds is 6. The van der Waals surface area contributed by atoms with Crippen LogP contribution in [-0.4, -0.2) is 35.0 Å². The molecule has 0 saturated carbocycles. The summed E-state index contributed by atoms with van der Waals surface area (Å²) in [7, 11) is 0. The molecule has 3 atom stereocenters. The highest BCUT2D eigenvalue weighted by atomic mass is 16.5. The number of hydrogen-bond donors (Lipinski definition) is 5. The number of hydrogen-bond acceptors (Lipinski definition) is 8. The molecule has 0 bridgehead atoms. The number of benzene rings is 2. The maximum absolute atomic E-state index is 10.2. The van der Waals surface area contributed by atoms with Gasteiger partial charge in [0.1, 0.15) is 5.84 Å². The molecule has 168 valence electrons. The van der Waals surface area contributed by atoms with Crippen LogP contribution >= 0.6 is 0 Å². The third-order valence-electron chi connectivity index (χ3n) is 5.35. The molecule has 0 aliphatic carbocycles. The zero-order valence-corrected chi connectivity index (χ0v) is 18.5. The molecule has 1 aliphatic rings. The van der Waals surface area contributed by atoms with Crippen molar-refractivity contribution in [1.82, 2.24) is 0 Å². The molecule has 0 saturated heterocycles. The number of aliphatic hydroxyl groups excluding tert-OH is 1. The Morgan fingerprint density at radius 1 is 1.06 bits per heavy atom. The van der Waals surface area contributed by atoms with Crippen LogP contribution in [0.4, 0.5) is 0 Å². The molecule has 7 N–H and O–H groups in total. The summed E-state index contributed by atoms with van der Waals surface area (Å²) in [6.07, 6.45) is -0.531. The van der Waals surface area contributed by atoms with Gasteiger partial charge in [0.25, 0.3) is 0 Å². The SMILES string of the molecule is CC(N)c1cccc(C(=N)OC(=N)C2=NC(c3ccc(C(O)C(C)C)cc3)CN=C2N)c1. The fraction of sp³-hybridized carbons (Fsp3) is 0.333. The van der Waals surface area contributed by atoms with Crippen molar-refractivity contribution >= 4 is 23.3 Å². The first-order chi connectivity index (χ1) is 15.2. The molecule has 3 rings (SSSR count). The summed E-state index contributed by atoms with van der Waals surface area (Å²) >= 11 is 0. The van der Waals surface area contributed by atoms with Crippen molar-refractivity contribution in [2.45, 2.75) is 39.0 Å². The first-order valence-corrected chi connectivity index (χ1v) is 10.5. The Morgan fingerprint density at radius 3 is 2.38 bits per heavy atom. The maximum Gasteiger partial charge on any atom is 0.243 e. The van der Waals surface area contributed by atoms with Gasteiger partial charge in [0.05, 0.1) is 18.7 Å². The van der Waals surface area contributed by atoms with Crippen molar-refractivity contribution < 1.29 is 9.84 Å². The van der Waals surface area contributed by atoms with Crippen molar-refractivity contribution in [3.63, 3.8) is 0 Å². The van der Waals surface area contributed by atoms with E-state index in [9.17, 15) is 5.11 Å². The Kier molecular flexibility index (Phi) is 7.17. The van der Waals surface area contributed by atoms with Gasteiger partial charge in [-0.2, -0.15) is 0 Å². The normalized spacial score (nSPS) is 17.9. The Morgan fingerprint density at radius 2 is 1.75 bits per heavy atom. The molecule has 0 amide bonds. The lowest BCUT2D eigenvalue weighted by molar-refractivity contribution is 0.127. The van der Waals surface area contributed by atoms with Crippen LogP contribution in [0.2, 0.25) is 0 Å². The molecule has 0 radical (unpaired) electrons. The van der Waals surface area contributed by atoms with Crippen molar-refractivity contribution in [3.8, 4) is 0 Å². The van der Waals surface area contributed by atoms with Crippen LogP contribution in [0.5, 0.6) is 0 Å². The number of ether oxygens (including phenoxy) is 1. The molecule has 8 nitrogen and oxygen atoms in total. The number of nitrogens with two attached hydrogens (primary N) is 2. The van der Waals surface area contributed by atoms with E-state index in [1.165, 1.54) is 0 Å². The quantitative estimate of drug-likeness (QED) is 0.350. The molecule has 0 fully saturated rings. The Bertz CT molecular complexity index is 1060. The van der Waals surface area contributed by atoms with Gasteiger partial charge in [-0.3, -0.25) is 20.8 Å². The summed E-state index contributed by atoms with van der Waals surface area (Å²) in [5.74, 6) is -0.303. The molecule has 1 heterocycles. The number of amidine groups is 1. The number of nitrogens with zero attached hydrogens (tertiary/aromatic N) is 2. The van der Waals surface area contributed by atoms with Gasteiger partial charge in [0.2, 0.25) is 11.8 Å². The smallest absolute Gasteiger partial charge is 0.243 e. The summed E-state index contributed by atoms with van der Waals surface area (Å²) in [5, 5.41) is 26.8. The van der Waals surface area contributed by atoms with Gasteiger partial charge >= 0.3 is 0 Å². The molecule has 32 heavy (non-hydrogen) atoms. The average Bonchev–Trinajstić information content (AvgIpc) is 2.78. The number of nitrogens with one attached hydrogen (secondary N) is 2. The lowest BCUT2D eigenvalue weighted by Gasteiger charge is -2.20. The summed E-state index contributed by atoms with van der Waals surface area (Å²) in [6, 6.07) is 14.2. The zero-order chi connectivity index (χ0) is 23.4. The van der Waals surface area contributed by atoms with Gasteiger partial charge in [0.15, 0.2) is 5.71 Å². The highest BCUT2D eigenvalue weighted by Crippen LogP contribution is 2.26. The van der Waals surface area contributed by atoms with E-state index in [2.05, 4.69) is 9.98 Å². The fourth-order valence-corrected chi connectivity index (χ4v) is 3.35. The minimum absolute atomic E-state index is 0.107. The summed E-state index contributed by atoms with van der Waals surface area (Å²) in [6.45, 7) is 6.13. The third-order valence-corrected chi connectivity index (χ3v) is 5.35. The average molecular weight is 435 g/mol. The standard InChI is InChI=1S/C24H30N6O2/c1-13(2)21(31)16-9-7-15(8-10-16)19-12-29-22(26)20(30-19)24(28)32-23(27)18-6-4-5-17(11-18)14(3)25/h4-11,13-14,19,21,27-28,31H,12,25H2,1-3H3,(H2,26,29). The first-order valence-electron chi connectivity index (χ1n) is 10.5. The van der Waals surface area contributed by atoms with Crippen molar-refractivity contribution in [2.24, 2.45) is 27.4 Å². The largest absolute Gasteiger partial charge is 0.419 e. The first kappa shape index (κ1) is 23.3. The van der Waals surface area contributed by atoms with Crippen LogP contribution in [0, 0.1) is 16.7 Å². The Balaban J connectivity index is 1.76. The van der Waals surface area contributed by atoms with Gasteiger partial charge in [-0.05, 0) is 41.7 Å². The predicted molar refractivity (Wildman–Crippen MR) is 128 cm³/mol. The Labute approximate surface area is 188 Å². The minimum Gasteiger partial charge on any atom is -0.419 e. The van der Waals surface area contributed by atoms with E-state index in [4.69, 9.17) is 27.0 Å². The van der Waals surface area contributed by atoms with E-state index >= 15 is 0 Å². The van der Waals surface area contributed by atoms with Gasteiger partial charge in [-0.15, -0.1) is 0 Å². The Hall–Kier alpha value is -3.36. The second-order valence-corrected chi connectivity index (χ2v) is 8.25. The van der Waals surface area contributed by atoms with Crippen LogP contribution in [0.25, 0.3) is 0 Å². The third kappa shape index (κ3) is 5.27. The zero-order valence-electron chi connectivity index (χ0n) is 18.5. The molecular weight excluding hydrogens is 404 g/mol. The highest BCUT2D eigenvalue weighted by Gasteiger charge is 2.24. The minimum atomic E-state index is -0.531. The lowest BCUT2D eigenvalue weighted by atomic mass is 9.96. The van der Waals surface area contributed by atoms with Gasteiger partial charge in [-0.1, -0.05) is 50.2 Å². The second kappa shape index (κ2) is 9.84. The number of aliphatic imine (C=N–C) groups is 2. The van der Waals surface area contributed by atoms with Gasteiger partial charge in [-0.25, -0.2) is 0 Å². The van der Waals surface area contributed by atoms with Crippen molar-refractivity contribution in [1.29, 1.82) is 10.8 Å². The number of aliphatic hydroxyl groups is 1. The fourth-order valence-electron chi connectivity index (χ4n) is 3.35. The molecule has 1 aliphatic heterocycles. The van der Waals surface area contributed by atoms with E-state index in [0.717, 1.165) is 16.7 Å². The maximum atomic E-state index is 10.2. The van der Waals surface area contributed by atoms with E-state index < -0.39 is 6.10 Å². The molecule has 2 aromatic rings. The van der Waals surface area contributed by atoms with Crippen LogP contribution in [0.1, 0.15) is 61.2 Å². The molecule has 8 heteroatoms. The van der Waals surface area contributed by atoms with E-state index in [0.29, 0.717) is 12.1 Å². The summed E-state index contributed by atoms with van der Waals surface area (Å²) < 4.78 is 5.44. The topological polar surface area (TPSA) is 154 Å². The molecule has 0 spiro atoms. The van der Waals surface area contributed by atoms with E-state index in [1.807, 2.05) is 51.1 Å². The second-order valence-electron chi connectivity index (χ2n) is 8.25. The molecule has 0 aromatic heterocycles. The lowest BCUT2D eigenvalue weighted by Crippen LogP contribution is -2.36. The summed E-state index contributed by atoms with van der Waals surface area (Å²) in [5.41, 5.74) is 15.1. The van der Waals surface area contributed by atoms with Crippen LogP contribution in [0.3, 0.4) is 0 Å². The summed E-state index contributed by atoms with van der Waals surface area (Å²) in [4.78, 5) is 8.87. The predicted octanol–water partition coefficient (Wildman–Crippen LogP) is 3.27. The van der Waals surface area contributed by atoms with Crippen molar-refractivity contribution in [2.75, 3.05) is 6.54 Å². The highest BCUT2D eigenvalue weighted by molar-refractivity contribution is 6.66. The van der Waals surface area contributed by atoms with Crippen LogP contribution < -0.4 is 11.5 Å². The monoisotopic (exact) mass is 434 g/mol. The van der Waals surface area contributed by atoms with E-state index in [-0.39, 0.29) is 41.3 Å². The van der Waals surface area contributed by atoms with Crippen molar-refractivity contribution in [3.05, 3.63) is 70.8 Å².